The summed E-state index contributed by atoms with van der Waals surface area (Å²) >= 11 is 1.51. The van der Waals surface area contributed by atoms with E-state index in [-0.39, 0.29) is 5.91 Å². The molecule has 0 radical (unpaired) electrons. The van der Waals surface area contributed by atoms with Crippen molar-refractivity contribution in [1.82, 2.24) is 14.6 Å². The average molecular weight is 376 g/mol. The summed E-state index contributed by atoms with van der Waals surface area (Å²) in [5.74, 6) is 0.112. The van der Waals surface area contributed by atoms with E-state index in [0.717, 1.165) is 27.3 Å². The number of hydrogen-bond acceptors (Lipinski definition) is 4. The Bertz CT molecular complexity index is 1170. The van der Waals surface area contributed by atoms with Crippen LogP contribution < -0.4 is 5.32 Å². The minimum Gasteiger partial charge on any atom is -0.289 e. The first-order valence-corrected chi connectivity index (χ1v) is 9.61. The van der Waals surface area contributed by atoms with E-state index in [1.165, 1.54) is 22.5 Å². The number of aromatic nitrogens is 3. The van der Waals surface area contributed by atoms with Gasteiger partial charge < -0.3 is 0 Å². The minimum absolute atomic E-state index is 0.204. The number of nitrogens with one attached hydrogen (secondary N) is 1. The number of thiazole rings is 1. The largest absolute Gasteiger partial charge is 0.289 e. The second-order valence-electron chi connectivity index (χ2n) is 6.82. The standard InChI is InChI=1S/C21H20N4OS/c1-12-5-8-17(15(4)9-12)18-11-27-21-23-20(24-25(18)21)22-19(26)16-7-6-13(2)14(3)10-16/h5-11H,1-4H3,(H,22,24,26). The maximum Gasteiger partial charge on any atom is 0.258 e. The molecule has 2 aromatic carbocycles. The maximum absolute atomic E-state index is 12.5. The van der Waals surface area contributed by atoms with Gasteiger partial charge in [-0.3, -0.25) is 10.1 Å². The molecule has 27 heavy (non-hydrogen) atoms. The second-order valence-corrected chi connectivity index (χ2v) is 7.66. The summed E-state index contributed by atoms with van der Waals surface area (Å²) in [6, 6.07) is 12.0. The van der Waals surface area contributed by atoms with Gasteiger partial charge in [-0.15, -0.1) is 16.4 Å². The number of carbonyl (C=O) groups excluding carboxylic acids is 1. The summed E-state index contributed by atoms with van der Waals surface area (Å²) in [5, 5.41) is 9.35. The predicted octanol–water partition coefficient (Wildman–Crippen LogP) is 4.94. The SMILES string of the molecule is Cc1ccc(-c2csc3nc(NC(=O)c4ccc(C)c(C)c4)nn23)c(C)c1. The molecular formula is C21H20N4OS. The maximum atomic E-state index is 12.5. The first-order valence-electron chi connectivity index (χ1n) is 8.73. The topological polar surface area (TPSA) is 59.3 Å². The number of nitrogens with zero attached hydrogens (tertiary/aromatic N) is 3. The van der Waals surface area contributed by atoms with Crippen LogP contribution >= 0.6 is 11.3 Å². The second kappa shape index (κ2) is 6.63. The Morgan fingerprint density at radius 2 is 1.81 bits per heavy atom. The zero-order chi connectivity index (χ0) is 19.1. The lowest BCUT2D eigenvalue weighted by molar-refractivity contribution is 0.102. The van der Waals surface area contributed by atoms with E-state index in [9.17, 15) is 4.79 Å². The monoisotopic (exact) mass is 376 g/mol. The number of fused-ring (bicyclic) bond motifs is 1. The highest BCUT2D eigenvalue weighted by Gasteiger charge is 2.15. The van der Waals surface area contributed by atoms with Crippen LogP contribution in [0.25, 0.3) is 16.2 Å². The lowest BCUT2D eigenvalue weighted by Crippen LogP contribution is -2.13. The van der Waals surface area contributed by atoms with Gasteiger partial charge in [-0.2, -0.15) is 4.98 Å². The fraction of sp³-hybridized carbons (Fsp3) is 0.190. The molecule has 0 aliphatic heterocycles. The van der Waals surface area contributed by atoms with Gasteiger partial charge in [-0.05, 0) is 56.5 Å². The van der Waals surface area contributed by atoms with Crippen molar-refractivity contribution in [1.29, 1.82) is 0 Å². The van der Waals surface area contributed by atoms with Gasteiger partial charge in [0.25, 0.3) is 11.9 Å². The van der Waals surface area contributed by atoms with E-state index in [4.69, 9.17) is 0 Å². The number of benzene rings is 2. The van der Waals surface area contributed by atoms with Crippen LogP contribution in [0.2, 0.25) is 0 Å². The van der Waals surface area contributed by atoms with Gasteiger partial charge >= 0.3 is 0 Å². The molecule has 0 fully saturated rings. The van der Waals surface area contributed by atoms with Crippen LogP contribution in [0.15, 0.2) is 41.8 Å². The highest BCUT2D eigenvalue weighted by molar-refractivity contribution is 7.15. The van der Waals surface area contributed by atoms with Gasteiger partial charge in [0, 0.05) is 16.5 Å². The zero-order valence-corrected chi connectivity index (χ0v) is 16.5. The highest BCUT2D eigenvalue weighted by atomic mass is 32.1. The molecule has 1 N–H and O–H groups in total. The number of hydrogen-bond donors (Lipinski definition) is 1. The molecule has 0 aliphatic carbocycles. The fourth-order valence-electron chi connectivity index (χ4n) is 3.08. The molecule has 0 spiro atoms. The summed E-state index contributed by atoms with van der Waals surface area (Å²) in [5.41, 5.74) is 7.35. The van der Waals surface area contributed by atoms with Crippen molar-refractivity contribution in [3.8, 4) is 11.3 Å². The lowest BCUT2D eigenvalue weighted by atomic mass is 10.0. The van der Waals surface area contributed by atoms with E-state index >= 15 is 0 Å². The van der Waals surface area contributed by atoms with Crippen molar-refractivity contribution < 1.29 is 4.79 Å². The lowest BCUT2D eigenvalue weighted by Gasteiger charge is -2.05. The van der Waals surface area contributed by atoms with Crippen LogP contribution in [0.5, 0.6) is 0 Å². The van der Waals surface area contributed by atoms with Gasteiger partial charge in [-0.25, -0.2) is 4.52 Å². The van der Waals surface area contributed by atoms with E-state index in [2.05, 4.69) is 47.4 Å². The summed E-state index contributed by atoms with van der Waals surface area (Å²) in [6.07, 6.45) is 0. The predicted molar refractivity (Wildman–Crippen MR) is 110 cm³/mol. The van der Waals surface area contributed by atoms with E-state index in [0.29, 0.717) is 11.5 Å². The Kier molecular flexibility index (Phi) is 4.28. The van der Waals surface area contributed by atoms with Crippen molar-refractivity contribution in [3.05, 3.63) is 69.6 Å². The third-order valence-corrected chi connectivity index (χ3v) is 5.55. The number of aryl methyl sites for hydroxylation is 4. The highest BCUT2D eigenvalue weighted by Crippen LogP contribution is 2.29. The molecule has 0 atom stereocenters. The number of amides is 1. The van der Waals surface area contributed by atoms with Crippen LogP contribution in [0, 0.1) is 27.7 Å². The van der Waals surface area contributed by atoms with Crippen molar-refractivity contribution in [2.75, 3.05) is 5.32 Å². The molecule has 0 aliphatic rings. The third-order valence-electron chi connectivity index (χ3n) is 4.73. The molecule has 0 bridgehead atoms. The van der Waals surface area contributed by atoms with Crippen LogP contribution in [0.4, 0.5) is 5.95 Å². The molecule has 2 aromatic heterocycles. The van der Waals surface area contributed by atoms with Crippen LogP contribution in [-0.2, 0) is 0 Å². The van der Waals surface area contributed by atoms with E-state index < -0.39 is 0 Å². The third kappa shape index (κ3) is 3.24. The fourth-order valence-corrected chi connectivity index (χ4v) is 3.90. The van der Waals surface area contributed by atoms with Crippen molar-refractivity contribution in [2.24, 2.45) is 0 Å². The van der Waals surface area contributed by atoms with Gasteiger partial charge in [0.1, 0.15) is 0 Å². The molecule has 0 unspecified atom stereocenters. The Morgan fingerprint density at radius 1 is 1.00 bits per heavy atom. The van der Waals surface area contributed by atoms with Gasteiger partial charge in [0.05, 0.1) is 5.69 Å². The van der Waals surface area contributed by atoms with Gasteiger partial charge in [0.15, 0.2) is 0 Å². The molecule has 2 heterocycles. The van der Waals surface area contributed by atoms with Crippen molar-refractivity contribution in [2.45, 2.75) is 27.7 Å². The van der Waals surface area contributed by atoms with Gasteiger partial charge in [-0.1, -0.05) is 29.8 Å². The molecule has 0 saturated carbocycles. The summed E-state index contributed by atoms with van der Waals surface area (Å²) in [4.78, 5) is 17.7. The zero-order valence-electron chi connectivity index (χ0n) is 15.7. The molecule has 4 aromatic rings. The Morgan fingerprint density at radius 3 is 2.56 bits per heavy atom. The molecular weight excluding hydrogens is 356 g/mol. The summed E-state index contributed by atoms with van der Waals surface area (Å²) < 4.78 is 1.79. The van der Waals surface area contributed by atoms with Crippen molar-refractivity contribution in [3.63, 3.8) is 0 Å². The quantitative estimate of drug-likeness (QED) is 0.551. The molecule has 1 amide bonds. The Labute approximate surface area is 161 Å². The molecule has 5 nitrogen and oxygen atoms in total. The smallest absolute Gasteiger partial charge is 0.258 e. The van der Waals surface area contributed by atoms with E-state index in [1.54, 1.807) is 4.52 Å². The van der Waals surface area contributed by atoms with Gasteiger partial charge in [0.2, 0.25) is 4.96 Å². The van der Waals surface area contributed by atoms with Crippen LogP contribution in [0.3, 0.4) is 0 Å². The van der Waals surface area contributed by atoms with Crippen LogP contribution in [0.1, 0.15) is 32.6 Å². The number of rotatable bonds is 3. The number of anilines is 1. The summed E-state index contributed by atoms with van der Waals surface area (Å²) in [6.45, 7) is 8.19. The minimum atomic E-state index is -0.204. The van der Waals surface area contributed by atoms with Crippen LogP contribution in [-0.4, -0.2) is 20.5 Å². The molecule has 0 saturated heterocycles. The summed E-state index contributed by atoms with van der Waals surface area (Å²) in [7, 11) is 0. The normalized spacial score (nSPS) is 11.1. The Balaban J connectivity index is 1.65. The Hall–Kier alpha value is -2.99. The van der Waals surface area contributed by atoms with E-state index in [1.807, 2.05) is 37.4 Å². The number of carbonyl (C=O) groups is 1. The first kappa shape index (κ1) is 17.4. The molecule has 6 heteroatoms. The molecule has 4 rings (SSSR count). The average Bonchev–Trinajstić information content (AvgIpc) is 3.18. The first-order chi connectivity index (χ1) is 12.9. The van der Waals surface area contributed by atoms with Crippen molar-refractivity contribution >= 4 is 28.2 Å². The molecule has 136 valence electrons.